The molecule has 0 radical (unpaired) electrons. The highest BCUT2D eigenvalue weighted by Crippen LogP contribution is 2.16. The molecule has 0 fully saturated rings. The Hall–Kier alpha value is -1.91. The second kappa shape index (κ2) is 6.87. The molecule has 0 aliphatic heterocycles. The topological polar surface area (TPSA) is 54.4 Å². The minimum atomic E-state index is -0.533. The van der Waals surface area contributed by atoms with Gasteiger partial charge in [-0.05, 0) is 29.8 Å². The van der Waals surface area contributed by atoms with E-state index in [4.69, 9.17) is 4.74 Å². The molecule has 0 spiro atoms. The third-order valence-corrected chi connectivity index (χ3v) is 2.87. The molecule has 19 heavy (non-hydrogen) atoms. The lowest BCUT2D eigenvalue weighted by molar-refractivity contribution is 0.174. The van der Waals surface area contributed by atoms with Gasteiger partial charge in [0, 0.05) is 19.3 Å². The van der Waals surface area contributed by atoms with Crippen LogP contribution < -0.4 is 10.1 Å². The van der Waals surface area contributed by atoms with Crippen LogP contribution in [0.3, 0.4) is 0 Å². The predicted molar refractivity (Wildman–Crippen MR) is 73.9 cm³/mol. The number of hydrogen-bond donors (Lipinski definition) is 2. The maximum absolute atomic E-state index is 10.0. The fourth-order valence-electron chi connectivity index (χ4n) is 1.78. The summed E-state index contributed by atoms with van der Waals surface area (Å²) in [4.78, 5) is 4.21. The Morgan fingerprint density at radius 2 is 2.00 bits per heavy atom. The first kappa shape index (κ1) is 13.5. The van der Waals surface area contributed by atoms with E-state index in [-0.39, 0.29) is 0 Å². The van der Waals surface area contributed by atoms with E-state index >= 15 is 0 Å². The van der Waals surface area contributed by atoms with Crippen molar-refractivity contribution < 1.29 is 9.84 Å². The molecule has 0 bridgehead atoms. The van der Waals surface area contributed by atoms with E-state index in [0.29, 0.717) is 13.1 Å². The van der Waals surface area contributed by atoms with Gasteiger partial charge in [0.2, 0.25) is 0 Å². The summed E-state index contributed by atoms with van der Waals surface area (Å²) in [6, 6.07) is 13.2. The van der Waals surface area contributed by atoms with Crippen LogP contribution in [0.15, 0.2) is 48.7 Å². The molecule has 1 aromatic heterocycles. The molecular formula is C15H18N2O2. The fourth-order valence-corrected chi connectivity index (χ4v) is 1.78. The van der Waals surface area contributed by atoms with Gasteiger partial charge in [0.05, 0.1) is 18.9 Å². The highest BCUT2D eigenvalue weighted by molar-refractivity contribution is 5.28. The number of benzene rings is 1. The summed E-state index contributed by atoms with van der Waals surface area (Å²) in [5, 5.41) is 13.2. The van der Waals surface area contributed by atoms with Gasteiger partial charge in [-0.2, -0.15) is 0 Å². The maximum atomic E-state index is 10.0. The first-order valence-corrected chi connectivity index (χ1v) is 6.22. The van der Waals surface area contributed by atoms with E-state index in [1.165, 1.54) is 0 Å². The molecule has 2 rings (SSSR count). The molecule has 4 nitrogen and oxygen atoms in total. The number of rotatable bonds is 6. The van der Waals surface area contributed by atoms with Crippen molar-refractivity contribution in [3.8, 4) is 5.75 Å². The van der Waals surface area contributed by atoms with Gasteiger partial charge in [0.15, 0.2) is 0 Å². The van der Waals surface area contributed by atoms with Crippen LogP contribution in [0.4, 0.5) is 0 Å². The second-order valence-corrected chi connectivity index (χ2v) is 4.24. The first-order chi connectivity index (χ1) is 9.29. The van der Waals surface area contributed by atoms with Gasteiger partial charge in [-0.15, -0.1) is 0 Å². The summed E-state index contributed by atoms with van der Waals surface area (Å²) in [5.41, 5.74) is 1.83. The number of nitrogens with zero attached hydrogens (tertiary/aromatic N) is 1. The molecule has 0 amide bonds. The standard InChI is InChI=1S/C15H18N2O2/c1-19-14-7-5-12(6-8-14)15(18)11-16-10-13-4-2-3-9-17-13/h2-9,15-16,18H,10-11H2,1H3/t15-/m1/s1. The van der Waals surface area contributed by atoms with Crippen molar-refractivity contribution in [2.24, 2.45) is 0 Å². The molecule has 100 valence electrons. The summed E-state index contributed by atoms with van der Waals surface area (Å²) in [5.74, 6) is 0.789. The van der Waals surface area contributed by atoms with E-state index in [1.807, 2.05) is 42.5 Å². The van der Waals surface area contributed by atoms with Crippen LogP contribution >= 0.6 is 0 Å². The Labute approximate surface area is 113 Å². The predicted octanol–water partition coefficient (Wildman–Crippen LogP) is 1.91. The summed E-state index contributed by atoms with van der Waals surface area (Å²) in [6.45, 7) is 1.14. The molecule has 4 heteroatoms. The molecule has 0 aliphatic carbocycles. The molecule has 0 saturated heterocycles. The molecule has 2 N–H and O–H groups in total. The molecule has 0 unspecified atom stereocenters. The van der Waals surface area contributed by atoms with Gasteiger partial charge in [0.1, 0.15) is 5.75 Å². The van der Waals surface area contributed by atoms with Crippen molar-refractivity contribution in [1.82, 2.24) is 10.3 Å². The average molecular weight is 258 g/mol. The van der Waals surface area contributed by atoms with Crippen LogP contribution in [0.5, 0.6) is 5.75 Å². The van der Waals surface area contributed by atoms with Crippen molar-refractivity contribution in [2.75, 3.05) is 13.7 Å². The Morgan fingerprint density at radius 3 is 2.63 bits per heavy atom. The number of methoxy groups -OCH3 is 1. The molecular weight excluding hydrogens is 240 g/mol. The van der Waals surface area contributed by atoms with E-state index in [1.54, 1.807) is 13.3 Å². The zero-order chi connectivity index (χ0) is 13.5. The first-order valence-electron chi connectivity index (χ1n) is 6.22. The zero-order valence-corrected chi connectivity index (χ0v) is 10.9. The van der Waals surface area contributed by atoms with Gasteiger partial charge in [-0.25, -0.2) is 0 Å². The molecule has 1 atom stereocenters. The van der Waals surface area contributed by atoms with Crippen LogP contribution in [0.1, 0.15) is 17.4 Å². The quantitative estimate of drug-likeness (QED) is 0.831. The van der Waals surface area contributed by atoms with Gasteiger partial charge in [-0.3, -0.25) is 4.98 Å². The number of pyridine rings is 1. The van der Waals surface area contributed by atoms with Crippen LogP contribution in [0.25, 0.3) is 0 Å². The Morgan fingerprint density at radius 1 is 1.21 bits per heavy atom. The Balaban J connectivity index is 1.82. The number of hydrogen-bond acceptors (Lipinski definition) is 4. The number of ether oxygens (including phenoxy) is 1. The third-order valence-electron chi connectivity index (χ3n) is 2.87. The highest BCUT2D eigenvalue weighted by Gasteiger charge is 2.07. The van der Waals surface area contributed by atoms with Crippen molar-refractivity contribution >= 4 is 0 Å². The van der Waals surface area contributed by atoms with E-state index in [0.717, 1.165) is 17.0 Å². The number of nitrogens with one attached hydrogen (secondary N) is 1. The molecule has 0 saturated carbocycles. The summed E-state index contributed by atoms with van der Waals surface area (Å²) in [6.07, 6.45) is 1.23. The van der Waals surface area contributed by atoms with E-state index in [2.05, 4.69) is 10.3 Å². The number of aromatic nitrogens is 1. The van der Waals surface area contributed by atoms with Crippen molar-refractivity contribution in [3.05, 3.63) is 59.9 Å². The fraction of sp³-hybridized carbons (Fsp3) is 0.267. The van der Waals surface area contributed by atoms with Gasteiger partial charge in [0.25, 0.3) is 0 Å². The van der Waals surface area contributed by atoms with Crippen molar-refractivity contribution in [1.29, 1.82) is 0 Å². The molecule has 1 aromatic carbocycles. The zero-order valence-electron chi connectivity index (χ0n) is 10.9. The Kier molecular flexibility index (Phi) is 4.89. The highest BCUT2D eigenvalue weighted by atomic mass is 16.5. The van der Waals surface area contributed by atoms with Gasteiger partial charge in [-0.1, -0.05) is 18.2 Å². The summed E-state index contributed by atoms with van der Waals surface area (Å²) < 4.78 is 5.08. The SMILES string of the molecule is COc1ccc([C@H](O)CNCc2ccccn2)cc1. The van der Waals surface area contributed by atoms with Crippen LogP contribution in [-0.4, -0.2) is 23.7 Å². The molecule has 1 heterocycles. The van der Waals surface area contributed by atoms with Crippen molar-refractivity contribution in [2.45, 2.75) is 12.6 Å². The largest absolute Gasteiger partial charge is 0.497 e. The van der Waals surface area contributed by atoms with Crippen LogP contribution in [0, 0.1) is 0 Å². The minimum Gasteiger partial charge on any atom is -0.497 e. The molecule has 2 aromatic rings. The average Bonchev–Trinajstić information content (AvgIpc) is 2.48. The molecule has 0 aliphatic rings. The number of aliphatic hydroxyl groups is 1. The van der Waals surface area contributed by atoms with Crippen molar-refractivity contribution in [3.63, 3.8) is 0 Å². The van der Waals surface area contributed by atoms with Gasteiger partial charge >= 0.3 is 0 Å². The minimum absolute atomic E-state index is 0.489. The monoisotopic (exact) mass is 258 g/mol. The third kappa shape index (κ3) is 4.05. The lowest BCUT2D eigenvalue weighted by Crippen LogP contribution is -2.21. The Bertz CT molecular complexity index is 485. The summed E-state index contributed by atoms with van der Waals surface area (Å²) >= 11 is 0. The van der Waals surface area contributed by atoms with E-state index in [9.17, 15) is 5.11 Å². The lowest BCUT2D eigenvalue weighted by Gasteiger charge is -2.12. The van der Waals surface area contributed by atoms with E-state index < -0.39 is 6.10 Å². The lowest BCUT2D eigenvalue weighted by atomic mass is 10.1. The maximum Gasteiger partial charge on any atom is 0.118 e. The smallest absolute Gasteiger partial charge is 0.118 e. The van der Waals surface area contributed by atoms with Crippen LogP contribution in [-0.2, 0) is 6.54 Å². The number of aliphatic hydroxyl groups excluding tert-OH is 1. The van der Waals surface area contributed by atoms with Crippen LogP contribution in [0.2, 0.25) is 0 Å². The second-order valence-electron chi connectivity index (χ2n) is 4.24. The van der Waals surface area contributed by atoms with Gasteiger partial charge < -0.3 is 15.2 Å². The normalized spacial score (nSPS) is 12.1. The summed E-state index contributed by atoms with van der Waals surface area (Å²) in [7, 11) is 1.62.